The molecule has 0 saturated heterocycles. The molecule has 0 bridgehead atoms. The number of hydrogen-bond donors (Lipinski definition) is 3. The summed E-state index contributed by atoms with van der Waals surface area (Å²) >= 11 is 0. The van der Waals surface area contributed by atoms with Gasteiger partial charge in [0.25, 0.3) is 0 Å². The fraction of sp³-hybridized carbons (Fsp3) is 0.562. The minimum Gasteiger partial charge on any atom is -0.480 e. The molecule has 4 heteroatoms. The molecular formula is C16H25NO3. The standard InChI is InChI=1S/C16H25NO3/c1-9(2)15(16(19)20)17-8-13(18)14-11(4)6-10(3)7-12(14)5/h6-7,9,13,15,17-18H,8H2,1-5H3,(H,19,20). The van der Waals surface area contributed by atoms with E-state index in [0.717, 1.165) is 22.3 Å². The Morgan fingerprint density at radius 2 is 1.70 bits per heavy atom. The summed E-state index contributed by atoms with van der Waals surface area (Å²) in [5.41, 5.74) is 4.12. The van der Waals surface area contributed by atoms with E-state index in [1.54, 1.807) is 0 Å². The first-order valence-corrected chi connectivity index (χ1v) is 6.96. The summed E-state index contributed by atoms with van der Waals surface area (Å²) in [6.07, 6.45) is -0.698. The van der Waals surface area contributed by atoms with E-state index in [0.29, 0.717) is 0 Å². The van der Waals surface area contributed by atoms with E-state index in [4.69, 9.17) is 5.11 Å². The Bertz CT molecular complexity index is 460. The second-order valence-corrected chi connectivity index (χ2v) is 5.80. The maximum Gasteiger partial charge on any atom is 0.320 e. The van der Waals surface area contributed by atoms with Gasteiger partial charge in [0.2, 0.25) is 0 Å². The monoisotopic (exact) mass is 279 g/mol. The molecular weight excluding hydrogens is 254 g/mol. The van der Waals surface area contributed by atoms with Crippen LogP contribution in [-0.4, -0.2) is 28.8 Å². The molecule has 1 aromatic rings. The maximum absolute atomic E-state index is 11.1. The summed E-state index contributed by atoms with van der Waals surface area (Å²) in [6.45, 7) is 9.89. The molecule has 3 N–H and O–H groups in total. The van der Waals surface area contributed by atoms with Crippen LogP contribution < -0.4 is 5.32 Å². The Morgan fingerprint density at radius 1 is 1.20 bits per heavy atom. The first-order chi connectivity index (χ1) is 9.23. The SMILES string of the molecule is Cc1cc(C)c(C(O)CNC(C(=O)O)C(C)C)c(C)c1. The molecule has 0 aliphatic heterocycles. The van der Waals surface area contributed by atoms with E-state index >= 15 is 0 Å². The zero-order valence-corrected chi connectivity index (χ0v) is 12.9. The predicted molar refractivity (Wildman–Crippen MR) is 79.9 cm³/mol. The average molecular weight is 279 g/mol. The van der Waals surface area contributed by atoms with Crippen LogP contribution in [0, 0.1) is 26.7 Å². The third kappa shape index (κ3) is 4.05. The van der Waals surface area contributed by atoms with E-state index in [1.807, 2.05) is 46.8 Å². The van der Waals surface area contributed by atoms with Crippen LogP contribution in [0.25, 0.3) is 0 Å². The van der Waals surface area contributed by atoms with Gasteiger partial charge in [0.05, 0.1) is 6.10 Å². The van der Waals surface area contributed by atoms with E-state index in [1.165, 1.54) is 0 Å². The molecule has 4 nitrogen and oxygen atoms in total. The van der Waals surface area contributed by atoms with Gasteiger partial charge in [-0.1, -0.05) is 31.5 Å². The Labute approximate surface area is 120 Å². The van der Waals surface area contributed by atoms with E-state index in [-0.39, 0.29) is 12.5 Å². The van der Waals surface area contributed by atoms with Gasteiger partial charge < -0.3 is 15.5 Å². The van der Waals surface area contributed by atoms with Crippen molar-refractivity contribution in [2.45, 2.75) is 46.8 Å². The molecule has 0 radical (unpaired) electrons. The molecule has 2 atom stereocenters. The van der Waals surface area contributed by atoms with Gasteiger partial charge in [0, 0.05) is 6.54 Å². The van der Waals surface area contributed by atoms with Crippen LogP contribution in [0.2, 0.25) is 0 Å². The number of nitrogens with one attached hydrogen (secondary N) is 1. The lowest BCUT2D eigenvalue weighted by Gasteiger charge is -2.22. The topological polar surface area (TPSA) is 69.6 Å². The molecule has 0 fully saturated rings. The van der Waals surface area contributed by atoms with E-state index in [2.05, 4.69) is 5.32 Å². The third-order valence-corrected chi connectivity index (χ3v) is 3.54. The Kier molecular flexibility index (Phi) is 5.72. The number of benzene rings is 1. The van der Waals surface area contributed by atoms with Crippen LogP contribution in [-0.2, 0) is 4.79 Å². The van der Waals surface area contributed by atoms with E-state index in [9.17, 15) is 9.90 Å². The summed E-state index contributed by atoms with van der Waals surface area (Å²) < 4.78 is 0. The number of carboxylic acids is 1. The number of aliphatic hydroxyl groups is 1. The summed E-state index contributed by atoms with van der Waals surface area (Å²) in [6, 6.07) is 3.42. The van der Waals surface area contributed by atoms with Gasteiger partial charge in [-0.2, -0.15) is 0 Å². The number of aryl methyl sites for hydroxylation is 3. The molecule has 2 unspecified atom stereocenters. The minimum absolute atomic E-state index is 0.0279. The number of aliphatic carboxylic acids is 1. The third-order valence-electron chi connectivity index (χ3n) is 3.54. The molecule has 0 aliphatic rings. The van der Waals surface area contributed by atoms with Gasteiger partial charge in [-0.3, -0.25) is 4.79 Å². The lowest BCUT2D eigenvalue weighted by molar-refractivity contribution is -0.140. The molecule has 1 rings (SSSR count). The minimum atomic E-state index is -0.885. The van der Waals surface area contributed by atoms with Crippen molar-refractivity contribution in [1.29, 1.82) is 0 Å². The van der Waals surface area contributed by atoms with Gasteiger partial charge in [-0.25, -0.2) is 0 Å². The lowest BCUT2D eigenvalue weighted by Crippen LogP contribution is -2.42. The van der Waals surface area contributed by atoms with Crippen LogP contribution in [0.3, 0.4) is 0 Å². The Hall–Kier alpha value is -1.39. The van der Waals surface area contributed by atoms with Gasteiger partial charge in [0.15, 0.2) is 0 Å². The Balaban J connectivity index is 2.82. The van der Waals surface area contributed by atoms with Crippen molar-refractivity contribution in [3.63, 3.8) is 0 Å². The summed E-state index contributed by atoms with van der Waals surface area (Å²) in [4.78, 5) is 11.1. The highest BCUT2D eigenvalue weighted by molar-refractivity contribution is 5.73. The van der Waals surface area contributed by atoms with Gasteiger partial charge >= 0.3 is 5.97 Å². The summed E-state index contributed by atoms with van der Waals surface area (Å²) in [5, 5.41) is 22.4. The van der Waals surface area contributed by atoms with Crippen molar-refractivity contribution >= 4 is 5.97 Å². The maximum atomic E-state index is 11.1. The van der Waals surface area contributed by atoms with Crippen molar-refractivity contribution in [3.8, 4) is 0 Å². The van der Waals surface area contributed by atoms with Crippen molar-refractivity contribution in [3.05, 3.63) is 34.4 Å². The molecule has 1 aromatic carbocycles. The highest BCUT2D eigenvalue weighted by Gasteiger charge is 2.23. The zero-order valence-electron chi connectivity index (χ0n) is 12.9. The van der Waals surface area contributed by atoms with Crippen LogP contribution in [0.1, 0.15) is 42.2 Å². The molecule has 0 aromatic heterocycles. The Morgan fingerprint density at radius 3 is 2.10 bits per heavy atom. The van der Waals surface area contributed by atoms with Crippen molar-refractivity contribution in [1.82, 2.24) is 5.32 Å². The normalized spacial score (nSPS) is 14.3. The number of hydrogen-bond acceptors (Lipinski definition) is 3. The van der Waals surface area contributed by atoms with Gasteiger partial charge in [0.1, 0.15) is 6.04 Å². The number of rotatable bonds is 6. The number of aliphatic hydroxyl groups excluding tert-OH is 1. The highest BCUT2D eigenvalue weighted by Crippen LogP contribution is 2.23. The molecule has 0 amide bonds. The predicted octanol–water partition coefficient (Wildman–Crippen LogP) is 2.34. The smallest absolute Gasteiger partial charge is 0.320 e. The fourth-order valence-corrected chi connectivity index (χ4v) is 2.67. The second kappa shape index (κ2) is 6.86. The average Bonchev–Trinajstić information content (AvgIpc) is 2.26. The van der Waals surface area contributed by atoms with Crippen LogP contribution in [0.15, 0.2) is 12.1 Å². The summed E-state index contributed by atoms with van der Waals surface area (Å²) in [5.74, 6) is -0.913. The zero-order chi connectivity index (χ0) is 15.4. The lowest BCUT2D eigenvalue weighted by atomic mass is 9.95. The largest absolute Gasteiger partial charge is 0.480 e. The van der Waals surface area contributed by atoms with Crippen LogP contribution >= 0.6 is 0 Å². The van der Waals surface area contributed by atoms with E-state index < -0.39 is 18.1 Å². The molecule has 0 saturated carbocycles. The molecule has 0 aliphatic carbocycles. The molecule has 0 heterocycles. The quantitative estimate of drug-likeness (QED) is 0.747. The molecule has 20 heavy (non-hydrogen) atoms. The first kappa shape index (κ1) is 16.7. The number of carboxylic acid groups (broad SMARTS) is 1. The first-order valence-electron chi connectivity index (χ1n) is 6.96. The number of carbonyl (C=O) groups is 1. The van der Waals surface area contributed by atoms with Gasteiger partial charge in [-0.05, 0) is 43.4 Å². The van der Waals surface area contributed by atoms with Crippen molar-refractivity contribution in [2.24, 2.45) is 5.92 Å². The van der Waals surface area contributed by atoms with Gasteiger partial charge in [-0.15, -0.1) is 0 Å². The van der Waals surface area contributed by atoms with Crippen LogP contribution in [0.4, 0.5) is 0 Å². The van der Waals surface area contributed by atoms with Crippen LogP contribution in [0.5, 0.6) is 0 Å². The van der Waals surface area contributed by atoms with Crippen molar-refractivity contribution in [2.75, 3.05) is 6.54 Å². The summed E-state index contributed by atoms with van der Waals surface area (Å²) in [7, 11) is 0. The highest BCUT2D eigenvalue weighted by atomic mass is 16.4. The second-order valence-electron chi connectivity index (χ2n) is 5.80. The van der Waals surface area contributed by atoms with Crippen molar-refractivity contribution < 1.29 is 15.0 Å². The molecule has 0 spiro atoms. The molecule has 112 valence electrons. The fourth-order valence-electron chi connectivity index (χ4n) is 2.67.